The topological polar surface area (TPSA) is 57.0 Å². The van der Waals surface area contributed by atoms with E-state index in [1.807, 2.05) is 48.5 Å². The Labute approximate surface area is 438 Å². The summed E-state index contributed by atoms with van der Waals surface area (Å²) in [6, 6.07) is 90.9. The Morgan fingerprint density at radius 3 is 1.34 bits per heavy atom. The number of aromatic nitrogens is 3. The van der Waals surface area contributed by atoms with Crippen molar-refractivity contribution in [1.29, 1.82) is 0 Å². The van der Waals surface area contributed by atoms with Crippen LogP contribution in [0.2, 0.25) is 0 Å². The van der Waals surface area contributed by atoms with Gasteiger partial charge >= 0.3 is 0 Å². The fourth-order valence-corrected chi connectivity index (χ4v) is 11.6. The normalized spacial score (nSPS) is 11.8. The maximum Gasteiger partial charge on any atom is 0.160 e. The molecule has 0 aliphatic rings. The maximum atomic E-state index is 6.40. The van der Waals surface area contributed by atoms with E-state index in [4.69, 9.17) is 18.8 Å². The first-order valence-electron chi connectivity index (χ1n) is 25.8. The van der Waals surface area contributed by atoms with Gasteiger partial charge in [-0.1, -0.05) is 188 Å². The highest BCUT2D eigenvalue weighted by Gasteiger charge is 2.26. The van der Waals surface area contributed by atoms with E-state index < -0.39 is 0 Å². The fraction of sp³-hybridized carbons (Fsp3) is 0.0141. The molecule has 4 heterocycles. The summed E-state index contributed by atoms with van der Waals surface area (Å²) in [7, 11) is 0. The molecule has 0 aliphatic heterocycles. The van der Waals surface area contributed by atoms with Crippen LogP contribution >= 0.6 is 0 Å². The lowest BCUT2D eigenvalue weighted by Gasteiger charge is -2.24. The second kappa shape index (κ2) is 17.5. The maximum absolute atomic E-state index is 6.40. The lowest BCUT2D eigenvalue weighted by Crippen LogP contribution is -2.04. The van der Waals surface area contributed by atoms with Gasteiger partial charge in [-0.05, 0) is 113 Å². The van der Waals surface area contributed by atoms with Crippen LogP contribution in [0.3, 0.4) is 0 Å². The van der Waals surface area contributed by atoms with Gasteiger partial charge < -0.3 is 13.4 Å². The first kappa shape index (κ1) is 43.5. The first-order chi connectivity index (χ1) is 37.6. The Morgan fingerprint density at radius 2 is 0.750 bits per heavy atom. The van der Waals surface area contributed by atoms with Crippen LogP contribution in [-0.2, 0) is 0 Å². The van der Waals surface area contributed by atoms with Gasteiger partial charge in [-0.3, -0.25) is 0 Å². The van der Waals surface area contributed by atoms with Crippen molar-refractivity contribution in [2.45, 2.75) is 6.92 Å². The van der Waals surface area contributed by atoms with Crippen molar-refractivity contribution >= 4 is 65.7 Å². The highest BCUT2D eigenvalue weighted by Crippen LogP contribution is 2.49. The summed E-state index contributed by atoms with van der Waals surface area (Å²) in [5.74, 6) is 0.656. The molecule has 0 saturated heterocycles. The summed E-state index contributed by atoms with van der Waals surface area (Å²) in [5.41, 5.74) is 21.2. The largest absolute Gasteiger partial charge is 0.456 e. The second-order valence-electron chi connectivity index (χ2n) is 19.7. The minimum absolute atomic E-state index is 0.656. The Kier molecular flexibility index (Phi) is 10.0. The van der Waals surface area contributed by atoms with E-state index in [1.165, 1.54) is 16.3 Å². The molecule has 5 heteroatoms. The highest BCUT2D eigenvalue weighted by atomic mass is 16.3. The SMILES string of the molecule is Cc1ccc2c(c1)c1ccccc1n2-c1c(-c2ccccc2-c2ccc3oc4ccccc4c3c2)cc(-c2cc(-c3ccccc3)nc(-c3ccccc3)n2)cc1-c1ccccc1-c1ccc2oc3ccccc3c2c1. The predicted molar refractivity (Wildman–Crippen MR) is 314 cm³/mol. The van der Waals surface area contributed by atoms with E-state index in [-0.39, 0.29) is 0 Å². The van der Waals surface area contributed by atoms with E-state index >= 15 is 0 Å². The molecule has 0 aliphatic carbocycles. The van der Waals surface area contributed by atoms with Gasteiger partial charge in [0.1, 0.15) is 22.3 Å². The van der Waals surface area contributed by atoms with Crippen LogP contribution in [0.1, 0.15) is 5.56 Å². The Balaban J connectivity index is 1.09. The standard InChI is InChI=1S/C71H45N3O2/c1-44-32-35-65-57(38-44)54-26-12-15-29-64(54)74(65)70-60(52-24-10-8-22-50(52)47-33-36-68-58(39-47)55-27-13-16-30-66(55)75-68)41-49(63-43-62(45-18-4-2-5-19-45)72-71(73-63)46-20-6-3-7-21-46)42-61(70)53-25-11-9-23-51(53)48-34-37-69-59(40-48)56-28-14-17-31-67(56)76-69/h2-43H,1H3. The minimum atomic E-state index is 0.656. The van der Waals surface area contributed by atoms with Crippen molar-refractivity contribution in [3.05, 3.63) is 260 Å². The van der Waals surface area contributed by atoms with Crippen LogP contribution in [0.25, 0.3) is 150 Å². The predicted octanol–water partition coefficient (Wildman–Crippen LogP) is 19.3. The number of benzene rings is 11. The molecule has 0 amide bonds. The molecule has 76 heavy (non-hydrogen) atoms. The van der Waals surface area contributed by atoms with E-state index in [0.717, 1.165) is 133 Å². The zero-order valence-electron chi connectivity index (χ0n) is 41.4. The molecule has 4 aromatic heterocycles. The lowest BCUT2D eigenvalue weighted by atomic mass is 9.86. The smallest absolute Gasteiger partial charge is 0.160 e. The van der Waals surface area contributed by atoms with E-state index in [9.17, 15) is 0 Å². The summed E-state index contributed by atoms with van der Waals surface area (Å²) in [4.78, 5) is 10.8. The van der Waals surface area contributed by atoms with Gasteiger partial charge in [0, 0.05) is 60.1 Å². The Morgan fingerprint density at radius 1 is 0.289 bits per heavy atom. The lowest BCUT2D eigenvalue weighted by molar-refractivity contribution is 0.668. The number of furan rings is 2. The zero-order valence-corrected chi connectivity index (χ0v) is 41.4. The molecule has 15 aromatic rings. The quantitative estimate of drug-likeness (QED) is 0.152. The molecule has 0 spiro atoms. The molecule has 0 bridgehead atoms. The van der Waals surface area contributed by atoms with Gasteiger partial charge in [-0.15, -0.1) is 0 Å². The van der Waals surface area contributed by atoms with E-state index in [1.54, 1.807) is 0 Å². The number of hydrogen-bond donors (Lipinski definition) is 0. The van der Waals surface area contributed by atoms with Crippen molar-refractivity contribution < 1.29 is 8.83 Å². The molecule has 0 fully saturated rings. The molecule has 0 unspecified atom stereocenters. The van der Waals surface area contributed by atoms with Crippen molar-refractivity contribution in [2.24, 2.45) is 0 Å². The van der Waals surface area contributed by atoms with Crippen molar-refractivity contribution in [3.63, 3.8) is 0 Å². The van der Waals surface area contributed by atoms with Gasteiger partial charge in [-0.25, -0.2) is 9.97 Å². The summed E-state index contributed by atoms with van der Waals surface area (Å²) in [5, 5.41) is 6.72. The van der Waals surface area contributed by atoms with Crippen molar-refractivity contribution in [2.75, 3.05) is 0 Å². The Bertz CT molecular complexity index is 4540. The third-order valence-corrected chi connectivity index (χ3v) is 15.1. The van der Waals surface area contributed by atoms with Crippen LogP contribution < -0.4 is 0 Å². The van der Waals surface area contributed by atoms with E-state index in [2.05, 4.69) is 218 Å². The molecule has 5 nitrogen and oxygen atoms in total. The number of para-hydroxylation sites is 3. The molecule has 0 N–H and O–H groups in total. The first-order valence-corrected chi connectivity index (χ1v) is 25.8. The van der Waals surface area contributed by atoms with Gasteiger partial charge in [0.05, 0.1) is 28.1 Å². The molecule has 0 atom stereocenters. The minimum Gasteiger partial charge on any atom is -0.456 e. The van der Waals surface area contributed by atoms with Crippen LogP contribution in [0.5, 0.6) is 0 Å². The highest BCUT2D eigenvalue weighted by molar-refractivity contribution is 6.13. The molecule has 11 aromatic carbocycles. The summed E-state index contributed by atoms with van der Waals surface area (Å²) < 4.78 is 15.3. The number of hydrogen-bond acceptors (Lipinski definition) is 4. The number of nitrogens with zero attached hydrogens (tertiary/aromatic N) is 3. The molecular formula is C71H45N3O2. The summed E-state index contributed by atoms with van der Waals surface area (Å²) >= 11 is 0. The Hall–Kier alpha value is -10.1. The van der Waals surface area contributed by atoms with Gasteiger partial charge in [-0.2, -0.15) is 0 Å². The molecule has 356 valence electrons. The van der Waals surface area contributed by atoms with Crippen LogP contribution in [0.4, 0.5) is 0 Å². The van der Waals surface area contributed by atoms with Crippen molar-refractivity contribution in [1.82, 2.24) is 14.5 Å². The van der Waals surface area contributed by atoms with Crippen LogP contribution in [0, 0.1) is 6.92 Å². The van der Waals surface area contributed by atoms with Crippen molar-refractivity contribution in [3.8, 4) is 84.1 Å². The van der Waals surface area contributed by atoms with E-state index in [0.29, 0.717) is 5.82 Å². The summed E-state index contributed by atoms with van der Waals surface area (Å²) in [6.45, 7) is 2.18. The van der Waals surface area contributed by atoms with Gasteiger partial charge in [0.25, 0.3) is 0 Å². The number of fused-ring (bicyclic) bond motifs is 9. The molecule has 0 radical (unpaired) electrons. The summed E-state index contributed by atoms with van der Waals surface area (Å²) in [6.07, 6.45) is 0. The molecule has 15 rings (SSSR count). The molecular weight excluding hydrogens is 927 g/mol. The van der Waals surface area contributed by atoms with Crippen LogP contribution in [0.15, 0.2) is 264 Å². The monoisotopic (exact) mass is 971 g/mol. The van der Waals surface area contributed by atoms with Gasteiger partial charge in [0.2, 0.25) is 0 Å². The molecule has 0 saturated carbocycles. The number of aryl methyl sites for hydroxylation is 1. The average Bonchev–Trinajstić information content (AvgIpc) is 4.25. The zero-order chi connectivity index (χ0) is 50.3. The number of rotatable bonds is 8. The van der Waals surface area contributed by atoms with Gasteiger partial charge in [0.15, 0.2) is 5.82 Å². The second-order valence-corrected chi connectivity index (χ2v) is 19.7. The third-order valence-electron chi connectivity index (χ3n) is 15.1. The average molecular weight is 972 g/mol. The van der Waals surface area contributed by atoms with Crippen LogP contribution in [-0.4, -0.2) is 14.5 Å². The third kappa shape index (κ3) is 7.16. The fourth-order valence-electron chi connectivity index (χ4n) is 11.6.